The van der Waals surface area contributed by atoms with E-state index in [4.69, 9.17) is 0 Å². The molecule has 4 rings (SSSR count). The Labute approximate surface area is 197 Å². The minimum atomic E-state index is -0.790. The molecular weight excluding hydrogens is 459 g/mol. The second kappa shape index (κ2) is 9.84. The quantitative estimate of drug-likeness (QED) is 0.178. The fourth-order valence-electron chi connectivity index (χ4n) is 3.49. The molecule has 0 aliphatic carbocycles. The van der Waals surface area contributed by atoms with Crippen molar-refractivity contribution in [2.45, 2.75) is 18.5 Å². The lowest BCUT2D eigenvalue weighted by Gasteiger charge is -2.16. The van der Waals surface area contributed by atoms with Gasteiger partial charge in [-0.15, -0.1) is 0 Å². The van der Waals surface area contributed by atoms with E-state index in [1.54, 1.807) is 24.3 Å². The Kier molecular flexibility index (Phi) is 6.69. The first-order chi connectivity index (χ1) is 16.4. The Bertz CT molecular complexity index is 1470. The normalized spacial score (nSPS) is 10.9. The number of aromatic nitrogens is 2. The molecule has 1 heterocycles. The maximum Gasteiger partial charge on any atom is 0.271 e. The second-order valence-corrected chi connectivity index (χ2v) is 8.23. The zero-order chi connectivity index (χ0) is 24.2. The molecule has 0 saturated carbocycles. The van der Waals surface area contributed by atoms with E-state index in [0.29, 0.717) is 28.2 Å². The van der Waals surface area contributed by atoms with Crippen molar-refractivity contribution < 1.29 is 14.1 Å². The number of amides is 1. The van der Waals surface area contributed by atoms with Crippen LogP contribution in [-0.2, 0) is 11.2 Å². The van der Waals surface area contributed by atoms with E-state index < -0.39 is 16.6 Å². The van der Waals surface area contributed by atoms with E-state index in [2.05, 4.69) is 10.3 Å². The molecule has 1 N–H and O–H groups in total. The molecule has 3 aromatic carbocycles. The summed E-state index contributed by atoms with van der Waals surface area (Å²) in [6.07, 6.45) is 0.687. The van der Waals surface area contributed by atoms with E-state index in [-0.39, 0.29) is 22.7 Å². The lowest BCUT2D eigenvalue weighted by molar-refractivity contribution is -0.384. The van der Waals surface area contributed by atoms with Crippen LogP contribution in [0.25, 0.3) is 16.6 Å². The molecule has 0 bridgehead atoms. The highest BCUT2D eigenvalue weighted by Crippen LogP contribution is 2.25. The number of fused-ring (bicyclic) bond motifs is 1. The number of nitrogens with zero attached hydrogens (tertiary/aromatic N) is 3. The van der Waals surface area contributed by atoms with E-state index in [9.17, 15) is 24.1 Å². The summed E-state index contributed by atoms with van der Waals surface area (Å²) in [5.74, 6) is -1.58. The fourth-order valence-corrected chi connectivity index (χ4v) is 4.29. The molecule has 10 heteroatoms. The Morgan fingerprint density at radius 2 is 1.88 bits per heavy atom. The number of aryl methyl sites for hydroxylation is 1. The highest BCUT2D eigenvalue weighted by Gasteiger charge is 2.18. The number of carbonyl (C=O) groups is 1. The topological polar surface area (TPSA) is 107 Å². The summed E-state index contributed by atoms with van der Waals surface area (Å²) in [5.41, 5.74) is 1.20. The Balaban J connectivity index is 1.68. The van der Waals surface area contributed by atoms with Crippen LogP contribution in [0.4, 0.5) is 15.8 Å². The molecule has 0 saturated heterocycles. The third-order valence-electron chi connectivity index (χ3n) is 5.13. The van der Waals surface area contributed by atoms with Crippen molar-refractivity contribution in [2.75, 3.05) is 11.1 Å². The number of non-ortho nitro benzene ring substituents is 1. The van der Waals surface area contributed by atoms with Crippen LogP contribution in [0.5, 0.6) is 0 Å². The van der Waals surface area contributed by atoms with Gasteiger partial charge in [-0.05, 0) is 36.2 Å². The smallest absolute Gasteiger partial charge is 0.271 e. The molecule has 34 heavy (non-hydrogen) atoms. The van der Waals surface area contributed by atoms with Crippen LogP contribution >= 0.6 is 11.8 Å². The zero-order valence-electron chi connectivity index (χ0n) is 18.0. The zero-order valence-corrected chi connectivity index (χ0v) is 18.8. The van der Waals surface area contributed by atoms with Crippen molar-refractivity contribution in [1.82, 2.24) is 9.55 Å². The second-order valence-electron chi connectivity index (χ2n) is 7.29. The van der Waals surface area contributed by atoms with Crippen molar-refractivity contribution in [2.24, 2.45) is 0 Å². The molecule has 0 spiro atoms. The average molecular weight is 479 g/mol. The number of nitrogens with one attached hydrogen (secondary N) is 1. The Hall–Kier alpha value is -4.05. The molecule has 0 unspecified atom stereocenters. The van der Waals surface area contributed by atoms with Crippen molar-refractivity contribution in [3.63, 3.8) is 0 Å². The highest BCUT2D eigenvalue weighted by molar-refractivity contribution is 7.99. The summed E-state index contributed by atoms with van der Waals surface area (Å²) >= 11 is 1.02. The number of hydrogen-bond donors (Lipinski definition) is 1. The van der Waals surface area contributed by atoms with Gasteiger partial charge < -0.3 is 5.32 Å². The van der Waals surface area contributed by atoms with Gasteiger partial charge in [0, 0.05) is 12.1 Å². The molecule has 1 amide bonds. The van der Waals surface area contributed by atoms with Gasteiger partial charge in [0.05, 0.1) is 33.0 Å². The summed E-state index contributed by atoms with van der Waals surface area (Å²) in [6, 6.07) is 17.3. The first-order valence-electron chi connectivity index (χ1n) is 10.4. The molecular formula is C24H19FN4O4S. The minimum Gasteiger partial charge on any atom is -0.323 e. The van der Waals surface area contributed by atoms with Crippen molar-refractivity contribution in [3.05, 3.63) is 98.6 Å². The Morgan fingerprint density at radius 3 is 2.65 bits per heavy atom. The molecule has 0 aliphatic heterocycles. The molecule has 0 fully saturated rings. The lowest BCUT2D eigenvalue weighted by atomic mass is 10.1. The molecule has 1 aromatic heterocycles. The summed E-state index contributed by atoms with van der Waals surface area (Å²) in [6.45, 7) is 1.98. The minimum absolute atomic E-state index is 0.193. The number of rotatable bonds is 7. The van der Waals surface area contributed by atoms with Gasteiger partial charge in [-0.1, -0.05) is 49.0 Å². The van der Waals surface area contributed by atoms with E-state index in [0.717, 1.165) is 35.5 Å². The summed E-state index contributed by atoms with van der Waals surface area (Å²) < 4.78 is 15.5. The number of thioether (sulfide) groups is 1. The van der Waals surface area contributed by atoms with Crippen LogP contribution < -0.4 is 10.9 Å². The van der Waals surface area contributed by atoms with E-state index in [1.165, 1.54) is 4.57 Å². The molecule has 4 aromatic rings. The van der Waals surface area contributed by atoms with Crippen LogP contribution in [0.15, 0.2) is 76.7 Å². The monoisotopic (exact) mass is 478 g/mol. The number of carbonyl (C=O) groups excluding carboxylic acids is 1. The molecule has 8 nitrogen and oxygen atoms in total. The lowest BCUT2D eigenvalue weighted by Crippen LogP contribution is -2.24. The number of benzene rings is 3. The number of nitro benzene ring substituents is 1. The van der Waals surface area contributed by atoms with Crippen molar-refractivity contribution in [3.8, 4) is 5.69 Å². The van der Waals surface area contributed by atoms with Gasteiger partial charge in [-0.25, -0.2) is 9.37 Å². The largest absolute Gasteiger partial charge is 0.323 e. The fraction of sp³-hybridized carbons (Fsp3) is 0.125. The van der Waals surface area contributed by atoms with Gasteiger partial charge in [-0.3, -0.25) is 24.3 Å². The molecule has 0 aliphatic rings. The van der Waals surface area contributed by atoms with Crippen LogP contribution in [0.2, 0.25) is 0 Å². The van der Waals surface area contributed by atoms with Gasteiger partial charge in [-0.2, -0.15) is 0 Å². The Morgan fingerprint density at radius 1 is 1.15 bits per heavy atom. The highest BCUT2D eigenvalue weighted by atomic mass is 32.2. The maximum absolute atomic E-state index is 14.1. The van der Waals surface area contributed by atoms with Crippen molar-refractivity contribution >= 4 is 39.9 Å². The number of hydrogen-bond acceptors (Lipinski definition) is 6. The molecule has 0 radical (unpaired) electrons. The van der Waals surface area contributed by atoms with Gasteiger partial charge in [0.2, 0.25) is 5.91 Å². The van der Waals surface area contributed by atoms with Crippen LogP contribution in [0.1, 0.15) is 12.5 Å². The predicted molar refractivity (Wildman–Crippen MR) is 129 cm³/mol. The summed E-state index contributed by atoms with van der Waals surface area (Å²) in [5, 5.41) is 14.1. The first-order valence-corrected chi connectivity index (χ1v) is 11.3. The first kappa shape index (κ1) is 23.1. The predicted octanol–water partition coefficient (Wildman–Crippen LogP) is 4.73. The maximum atomic E-state index is 14.1. The molecule has 172 valence electrons. The average Bonchev–Trinajstić information content (AvgIpc) is 2.84. The van der Waals surface area contributed by atoms with E-state index in [1.807, 2.05) is 31.2 Å². The summed E-state index contributed by atoms with van der Waals surface area (Å²) in [7, 11) is 0. The number of nitro groups is 1. The van der Waals surface area contributed by atoms with Crippen LogP contribution in [0, 0.1) is 15.9 Å². The van der Waals surface area contributed by atoms with E-state index >= 15 is 0 Å². The third kappa shape index (κ3) is 4.67. The van der Waals surface area contributed by atoms with Gasteiger partial charge in [0.25, 0.3) is 11.2 Å². The number of anilines is 1. The SMILES string of the molecule is CCc1ccccc1-n1c(SCC(=O)Nc2cc([N+](=O)[O-])ccc2F)nc2ccccc2c1=O. The van der Waals surface area contributed by atoms with Gasteiger partial charge in [0.15, 0.2) is 5.16 Å². The van der Waals surface area contributed by atoms with Crippen LogP contribution in [-0.4, -0.2) is 26.1 Å². The molecule has 0 atom stereocenters. The summed E-state index contributed by atoms with van der Waals surface area (Å²) in [4.78, 5) is 40.8. The van der Waals surface area contributed by atoms with Gasteiger partial charge in [0.1, 0.15) is 5.82 Å². The van der Waals surface area contributed by atoms with Crippen molar-refractivity contribution in [1.29, 1.82) is 0 Å². The third-order valence-corrected chi connectivity index (χ3v) is 6.06. The van der Waals surface area contributed by atoms with Gasteiger partial charge >= 0.3 is 0 Å². The van der Waals surface area contributed by atoms with Crippen LogP contribution in [0.3, 0.4) is 0 Å². The number of halogens is 1. The number of para-hydroxylation sites is 2. The standard InChI is InChI=1S/C24H19FN4O4S/c1-2-15-7-3-6-10-21(15)28-23(31)17-8-4-5-9-19(17)27-24(28)34-14-22(30)26-20-13-16(29(32)33)11-12-18(20)25/h3-13H,2,14H2,1H3,(H,26,30).